The number of rotatable bonds is 6. The van der Waals surface area contributed by atoms with E-state index >= 15 is 0 Å². The maximum atomic E-state index is 14.9. The van der Waals surface area contributed by atoms with E-state index in [4.69, 9.17) is 16.3 Å². The summed E-state index contributed by atoms with van der Waals surface area (Å²) in [6, 6.07) is 27.5. The SMILES string of the molecule is CC(C)Oc1ccc(C(=O)[C@@H]2[C@@H](C(=O)c3ccccc3Cl)N3C=Cc4ccccc4[C@@H]3[C@]23C(=O)Nc2ccccc23)cc1. The van der Waals surface area contributed by atoms with Crippen LogP contribution in [0.3, 0.4) is 0 Å². The number of Topliss-reactive ketones (excluding diaryl/α,β-unsaturated/α-hetero) is 2. The average molecular weight is 589 g/mol. The van der Waals surface area contributed by atoms with E-state index in [-0.39, 0.29) is 23.6 Å². The van der Waals surface area contributed by atoms with Crippen molar-refractivity contribution in [1.29, 1.82) is 0 Å². The van der Waals surface area contributed by atoms with E-state index in [1.165, 1.54) is 0 Å². The second-order valence-electron chi connectivity index (χ2n) is 11.5. The lowest BCUT2D eigenvalue weighted by Crippen LogP contribution is -2.49. The molecule has 7 heteroatoms. The molecule has 1 saturated heterocycles. The summed E-state index contributed by atoms with van der Waals surface area (Å²) in [6.45, 7) is 3.87. The minimum absolute atomic E-state index is 0.0289. The van der Waals surface area contributed by atoms with Crippen molar-refractivity contribution >= 4 is 40.8 Å². The molecule has 1 N–H and O–H groups in total. The summed E-state index contributed by atoms with van der Waals surface area (Å²) >= 11 is 6.58. The van der Waals surface area contributed by atoms with E-state index in [1.807, 2.05) is 79.6 Å². The molecule has 0 radical (unpaired) electrons. The fourth-order valence-electron chi connectivity index (χ4n) is 7.14. The molecule has 3 aliphatic rings. The number of hydrogen-bond acceptors (Lipinski definition) is 5. The molecule has 0 unspecified atom stereocenters. The molecular weight excluding hydrogens is 560 g/mol. The van der Waals surface area contributed by atoms with Crippen molar-refractivity contribution < 1.29 is 19.1 Å². The van der Waals surface area contributed by atoms with Crippen molar-refractivity contribution in [1.82, 2.24) is 4.90 Å². The van der Waals surface area contributed by atoms with Crippen LogP contribution in [0.2, 0.25) is 5.02 Å². The highest BCUT2D eigenvalue weighted by atomic mass is 35.5. The summed E-state index contributed by atoms with van der Waals surface area (Å²) in [5, 5.41) is 3.37. The number of nitrogens with zero attached hydrogens (tertiary/aromatic N) is 1. The van der Waals surface area contributed by atoms with Gasteiger partial charge in [-0.25, -0.2) is 0 Å². The first kappa shape index (κ1) is 27.2. The predicted octanol–water partition coefficient (Wildman–Crippen LogP) is 7.11. The van der Waals surface area contributed by atoms with Crippen LogP contribution in [0, 0.1) is 5.92 Å². The molecule has 0 aromatic heterocycles. The topological polar surface area (TPSA) is 75.7 Å². The Morgan fingerprint density at radius 3 is 2.35 bits per heavy atom. The monoisotopic (exact) mass is 588 g/mol. The van der Waals surface area contributed by atoms with Gasteiger partial charge in [-0.2, -0.15) is 0 Å². The van der Waals surface area contributed by atoms with E-state index in [9.17, 15) is 14.4 Å². The van der Waals surface area contributed by atoms with Crippen molar-refractivity contribution in [2.75, 3.05) is 5.32 Å². The molecule has 1 fully saturated rings. The van der Waals surface area contributed by atoms with Crippen LogP contribution in [0.4, 0.5) is 5.69 Å². The molecule has 7 rings (SSSR count). The van der Waals surface area contributed by atoms with Crippen molar-refractivity contribution in [2.45, 2.75) is 37.5 Å². The highest BCUT2D eigenvalue weighted by Crippen LogP contribution is 2.62. The number of carbonyl (C=O) groups is 3. The number of fused-ring (bicyclic) bond motifs is 6. The van der Waals surface area contributed by atoms with Gasteiger partial charge in [0.25, 0.3) is 0 Å². The standard InChI is InChI=1S/C36H29ClN2O4/c1-21(2)43-24-17-15-23(16-18-24)32(40)30-31(33(41)26-11-5-7-13-28(26)37)39-20-19-22-9-3-4-10-25(22)34(39)36(30)27-12-6-8-14-29(27)38-35(36)42/h3-21,30-31,34H,1-2H3,(H,38,42)/t30-,31-,34+,36+/m0/s1. The Morgan fingerprint density at radius 2 is 1.58 bits per heavy atom. The van der Waals surface area contributed by atoms with Crippen LogP contribution in [-0.4, -0.2) is 34.5 Å². The third kappa shape index (κ3) is 4.04. The van der Waals surface area contributed by atoms with Crippen molar-refractivity contribution in [3.8, 4) is 5.75 Å². The summed E-state index contributed by atoms with van der Waals surface area (Å²) < 4.78 is 5.82. The summed E-state index contributed by atoms with van der Waals surface area (Å²) in [5.41, 5.74) is 2.46. The first-order valence-electron chi connectivity index (χ1n) is 14.4. The Bertz CT molecular complexity index is 1810. The zero-order chi connectivity index (χ0) is 29.9. The van der Waals surface area contributed by atoms with Crippen LogP contribution in [0.1, 0.15) is 57.3 Å². The Hall–Kier alpha value is -4.68. The molecule has 4 atom stereocenters. The first-order valence-corrected chi connectivity index (χ1v) is 14.8. The highest BCUT2D eigenvalue weighted by Gasteiger charge is 2.70. The largest absolute Gasteiger partial charge is 0.491 e. The molecule has 1 spiro atoms. The third-order valence-electron chi connectivity index (χ3n) is 8.77. The van der Waals surface area contributed by atoms with Gasteiger partial charge in [-0.15, -0.1) is 0 Å². The second-order valence-corrected chi connectivity index (χ2v) is 11.9. The van der Waals surface area contributed by atoms with Gasteiger partial charge < -0.3 is 15.0 Å². The Kier molecular flexibility index (Phi) is 6.47. The smallest absolute Gasteiger partial charge is 0.238 e. The molecule has 43 heavy (non-hydrogen) atoms. The van der Waals surface area contributed by atoms with Gasteiger partial charge in [0.15, 0.2) is 11.6 Å². The fraction of sp³-hybridized carbons (Fsp3) is 0.194. The normalized spacial score (nSPS) is 23.1. The number of halogens is 1. The third-order valence-corrected chi connectivity index (χ3v) is 9.10. The van der Waals surface area contributed by atoms with Gasteiger partial charge in [0.05, 0.1) is 23.1 Å². The molecule has 0 aliphatic carbocycles. The lowest BCUT2D eigenvalue weighted by Gasteiger charge is -2.38. The van der Waals surface area contributed by atoms with Crippen LogP contribution in [-0.2, 0) is 10.2 Å². The summed E-state index contributed by atoms with van der Waals surface area (Å²) in [5.74, 6) is -1.35. The maximum Gasteiger partial charge on any atom is 0.238 e. The average Bonchev–Trinajstić information content (AvgIpc) is 3.49. The van der Waals surface area contributed by atoms with Gasteiger partial charge in [-0.3, -0.25) is 14.4 Å². The minimum Gasteiger partial charge on any atom is -0.491 e. The van der Waals surface area contributed by atoms with Crippen molar-refractivity contribution in [3.63, 3.8) is 0 Å². The lowest BCUT2D eigenvalue weighted by molar-refractivity contribution is -0.122. The summed E-state index contributed by atoms with van der Waals surface area (Å²) in [6.07, 6.45) is 3.77. The number of ether oxygens (including phenoxy) is 1. The second kappa shape index (κ2) is 10.2. The number of amides is 1. The Morgan fingerprint density at radius 1 is 0.884 bits per heavy atom. The molecule has 6 nitrogen and oxygen atoms in total. The van der Waals surface area contributed by atoms with Gasteiger partial charge >= 0.3 is 0 Å². The van der Waals surface area contributed by atoms with Crippen molar-refractivity contribution in [2.24, 2.45) is 5.92 Å². The van der Waals surface area contributed by atoms with E-state index in [0.29, 0.717) is 33.1 Å². The molecule has 214 valence electrons. The van der Waals surface area contributed by atoms with E-state index in [1.54, 1.807) is 48.5 Å². The number of carbonyl (C=O) groups excluding carboxylic acids is 3. The van der Waals surface area contributed by atoms with Gasteiger partial charge in [0, 0.05) is 23.0 Å². The van der Waals surface area contributed by atoms with Gasteiger partial charge in [0.2, 0.25) is 5.91 Å². The molecule has 3 aliphatic heterocycles. The maximum absolute atomic E-state index is 14.9. The van der Waals surface area contributed by atoms with E-state index in [2.05, 4.69) is 5.32 Å². The summed E-state index contributed by atoms with van der Waals surface area (Å²) in [4.78, 5) is 46.0. The molecular formula is C36H29ClN2O4. The van der Waals surface area contributed by atoms with Crippen LogP contribution >= 0.6 is 11.6 Å². The summed E-state index contributed by atoms with van der Waals surface area (Å²) in [7, 11) is 0. The molecule has 1 amide bonds. The first-order chi connectivity index (χ1) is 20.8. The Labute approximate surface area is 254 Å². The van der Waals surface area contributed by atoms with Crippen molar-refractivity contribution in [3.05, 3.63) is 136 Å². The molecule has 0 saturated carbocycles. The number of anilines is 1. The molecule has 3 heterocycles. The number of para-hydroxylation sites is 1. The van der Waals surface area contributed by atoms with E-state index < -0.39 is 23.4 Å². The predicted molar refractivity (Wildman–Crippen MR) is 166 cm³/mol. The lowest BCUT2D eigenvalue weighted by atomic mass is 9.62. The number of nitrogens with one attached hydrogen (secondary N) is 1. The zero-order valence-corrected chi connectivity index (χ0v) is 24.4. The number of hydrogen-bond donors (Lipinski definition) is 1. The Balaban J connectivity index is 1.49. The van der Waals surface area contributed by atoms with Crippen LogP contribution < -0.4 is 10.1 Å². The number of benzene rings is 4. The molecule has 0 bridgehead atoms. The fourth-order valence-corrected chi connectivity index (χ4v) is 7.37. The quantitative estimate of drug-likeness (QED) is 0.243. The minimum atomic E-state index is -1.40. The molecule has 4 aromatic rings. The van der Waals surface area contributed by atoms with Crippen LogP contribution in [0.5, 0.6) is 5.75 Å². The number of ketones is 2. The van der Waals surface area contributed by atoms with E-state index in [0.717, 1.165) is 11.1 Å². The zero-order valence-electron chi connectivity index (χ0n) is 23.7. The van der Waals surface area contributed by atoms with Gasteiger partial charge in [-0.05, 0) is 79.1 Å². The van der Waals surface area contributed by atoms with Crippen LogP contribution in [0.25, 0.3) is 6.08 Å². The molecule has 4 aromatic carbocycles. The highest BCUT2D eigenvalue weighted by molar-refractivity contribution is 6.34. The van der Waals surface area contributed by atoms with Crippen LogP contribution in [0.15, 0.2) is 103 Å². The van der Waals surface area contributed by atoms with Gasteiger partial charge in [-0.1, -0.05) is 66.2 Å². The van der Waals surface area contributed by atoms with Gasteiger partial charge in [0.1, 0.15) is 17.2 Å².